The van der Waals surface area contributed by atoms with Gasteiger partial charge in [-0.15, -0.1) is 0 Å². The van der Waals surface area contributed by atoms with Gasteiger partial charge in [0.05, 0.1) is 11.7 Å². The number of aromatic nitrogens is 2. The number of hydrogen-bond acceptors (Lipinski definition) is 5. The van der Waals surface area contributed by atoms with Crippen molar-refractivity contribution in [3.63, 3.8) is 0 Å². The maximum absolute atomic E-state index is 12.8. The van der Waals surface area contributed by atoms with Gasteiger partial charge in [-0.1, -0.05) is 36.4 Å². The lowest BCUT2D eigenvalue weighted by Gasteiger charge is -2.16. The van der Waals surface area contributed by atoms with Crippen molar-refractivity contribution >= 4 is 32.8 Å². The van der Waals surface area contributed by atoms with Crippen LogP contribution in [0.2, 0.25) is 0 Å². The molecule has 0 amide bonds. The Labute approximate surface area is 133 Å². The van der Waals surface area contributed by atoms with E-state index in [0.29, 0.717) is 16.6 Å². The summed E-state index contributed by atoms with van der Waals surface area (Å²) in [6.45, 7) is 3.59. The van der Waals surface area contributed by atoms with Crippen LogP contribution in [0.4, 0.5) is 0 Å². The van der Waals surface area contributed by atoms with Crippen LogP contribution in [-0.2, 0) is 10.0 Å². The average molecular weight is 333 g/mol. The molecule has 7 heteroatoms. The van der Waals surface area contributed by atoms with E-state index in [-0.39, 0.29) is 10.9 Å². The van der Waals surface area contributed by atoms with Crippen molar-refractivity contribution in [1.82, 2.24) is 13.5 Å². The summed E-state index contributed by atoms with van der Waals surface area (Å²) in [5.41, 5.74) is 2.60. The lowest BCUT2D eigenvalue weighted by Crippen LogP contribution is -2.27. The summed E-state index contributed by atoms with van der Waals surface area (Å²) in [5, 5.41) is 0. The molecule has 5 nitrogen and oxygen atoms in total. The zero-order chi connectivity index (χ0) is 15.7. The maximum Gasteiger partial charge on any atom is 0.243 e. The van der Waals surface area contributed by atoms with Crippen molar-refractivity contribution in [1.29, 1.82) is 0 Å². The third-order valence-electron chi connectivity index (χ3n) is 3.48. The second kappa shape index (κ2) is 5.75. The Morgan fingerprint density at radius 2 is 1.82 bits per heavy atom. The van der Waals surface area contributed by atoms with Gasteiger partial charge in [-0.25, -0.2) is 13.1 Å². The fourth-order valence-electron chi connectivity index (χ4n) is 2.37. The molecule has 22 heavy (non-hydrogen) atoms. The van der Waals surface area contributed by atoms with Crippen molar-refractivity contribution in [2.24, 2.45) is 0 Å². The molecule has 0 aliphatic rings. The monoisotopic (exact) mass is 333 g/mol. The minimum Gasteiger partial charge on any atom is -0.207 e. The first kappa shape index (κ1) is 15.1. The molecule has 2 aromatic carbocycles. The SMILES string of the molecule is Cc1ccc2nsnc2c1S(=O)(=O)NC(C)c1ccccc1. The van der Waals surface area contributed by atoms with Crippen LogP contribution in [0.5, 0.6) is 0 Å². The van der Waals surface area contributed by atoms with Gasteiger partial charge >= 0.3 is 0 Å². The van der Waals surface area contributed by atoms with Crippen LogP contribution in [0.1, 0.15) is 24.1 Å². The quantitative estimate of drug-likeness (QED) is 0.796. The molecule has 3 rings (SSSR count). The molecule has 1 aromatic heterocycles. The number of sulfonamides is 1. The Balaban J connectivity index is 2.02. The first-order valence-corrected chi connectivity index (χ1v) is 8.99. The lowest BCUT2D eigenvalue weighted by molar-refractivity contribution is 0.567. The van der Waals surface area contributed by atoms with E-state index in [1.54, 1.807) is 19.1 Å². The Bertz CT molecular complexity index is 905. The topological polar surface area (TPSA) is 72.0 Å². The maximum atomic E-state index is 12.8. The van der Waals surface area contributed by atoms with E-state index in [1.807, 2.05) is 37.3 Å². The zero-order valence-corrected chi connectivity index (χ0v) is 13.8. The minimum atomic E-state index is -3.68. The number of nitrogens with one attached hydrogen (secondary N) is 1. The molecule has 0 aliphatic carbocycles. The highest BCUT2D eigenvalue weighted by atomic mass is 32.2. The molecule has 0 spiro atoms. The standard InChI is InChI=1S/C15H15N3O2S2/c1-10-8-9-13-14(17-21-16-13)15(10)22(19,20)18-11(2)12-6-4-3-5-7-12/h3-9,11,18H,1-2H3. The molecule has 3 aromatic rings. The normalized spacial score (nSPS) is 13.4. The van der Waals surface area contributed by atoms with E-state index in [0.717, 1.165) is 17.3 Å². The van der Waals surface area contributed by atoms with Crippen molar-refractivity contribution in [2.75, 3.05) is 0 Å². The molecular weight excluding hydrogens is 318 g/mol. The minimum absolute atomic E-state index is 0.210. The van der Waals surface area contributed by atoms with Crippen LogP contribution in [0.25, 0.3) is 11.0 Å². The highest BCUT2D eigenvalue weighted by Gasteiger charge is 2.24. The summed E-state index contributed by atoms with van der Waals surface area (Å²) in [7, 11) is -3.68. The molecule has 1 N–H and O–H groups in total. The first-order chi connectivity index (χ1) is 10.5. The molecule has 0 bridgehead atoms. The second-order valence-electron chi connectivity index (χ2n) is 5.10. The van der Waals surface area contributed by atoms with Crippen molar-refractivity contribution in [2.45, 2.75) is 24.8 Å². The summed E-state index contributed by atoms with van der Waals surface area (Å²) in [5.74, 6) is 0. The van der Waals surface area contributed by atoms with Crippen molar-refractivity contribution in [3.8, 4) is 0 Å². The van der Waals surface area contributed by atoms with Gasteiger partial charge in [0, 0.05) is 6.04 Å². The summed E-state index contributed by atoms with van der Waals surface area (Å²) in [6, 6.07) is 12.7. The molecule has 0 saturated heterocycles. The van der Waals surface area contributed by atoms with E-state index >= 15 is 0 Å². The predicted molar refractivity (Wildman–Crippen MR) is 87.3 cm³/mol. The predicted octanol–water partition coefficient (Wildman–Crippen LogP) is 3.04. The van der Waals surface area contributed by atoms with Gasteiger partial charge in [-0.05, 0) is 31.0 Å². The number of benzene rings is 2. The van der Waals surface area contributed by atoms with E-state index in [2.05, 4.69) is 13.5 Å². The van der Waals surface area contributed by atoms with E-state index in [9.17, 15) is 8.42 Å². The Morgan fingerprint density at radius 1 is 1.09 bits per heavy atom. The molecule has 1 unspecified atom stereocenters. The third kappa shape index (κ3) is 2.75. The Morgan fingerprint density at radius 3 is 2.55 bits per heavy atom. The molecule has 1 heterocycles. The lowest BCUT2D eigenvalue weighted by atomic mass is 10.1. The summed E-state index contributed by atoms with van der Waals surface area (Å²) >= 11 is 1.01. The first-order valence-electron chi connectivity index (χ1n) is 6.78. The van der Waals surface area contributed by atoms with Gasteiger partial charge in [-0.2, -0.15) is 8.75 Å². The molecule has 0 saturated carbocycles. The van der Waals surface area contributed by atoms with E-state index < -0.39 is 10.0 Å². The average Bonchev–Trinajstić information content (AvgIpc) is 2.95. The number of hydrogen-bond donors (Lipinski definition) is 1. The fraction of sp³-hybridized carbons (Fsp3) is 0.200. The van der Waals surface area contributed by atoms with Crippen LogP contribution in [-0.4, -0.2) is 17.2 Å². The summed E-state index contributed by atoms with van der Waals surface area (Å²) in [4.78, 5) is 0.210. The molecule has 0 radical (unpaired) electrons. The number of fused-ring (bicyclic) bond motifs is 1. The molecule has 1 atom stereocenters. The number of rotatable bonds is 4. The molecule has 0 aliphatic heterocycles. The van der Waals surface area contributed by atoms with Gasteiger partial charge < -0.3 is 0 Å². The largest absolute Gasteiger partial charge is 0.243 e. The molecule has 114 valence electrons. The van der Waals surface area contributed by atoms with Gasteiger partial charge in [0.1, 0.15) is 15.9 Å². The smallest absolute Gasteiger partial charge is 0.207 e. The summed E-state index contributed by atoms with van der Waals surface area (Å²) in [6.07, 6.45) is 0. The Hall–Kier alpha value is -1.83. The van der Waals surface area contributed by atoms with Gasteiger partial charge in [0.15, 0.2) is 0 Å². The van der Waals surface area contributed by atoms with Crippen LogP contribution in [0.3, 0.4) is 0 Å². The second-order valence-corrected chi connectivity index (χ2v) is 7.28. The number of aryl methyl sites for hydroxylation is 1. The van der Waals surface area contributed by atoms with Crippen LogP contribution >= 0.6 is 11.7 Å². The highest BCUT2D eigenvalue weighted by Crippen LogP contribution is 2.26. The molecule has 0 fully saturated rings. The fourth-order valence-corrected chi connectivity index (χ4v) is 4.59. The highest BCUT2D eigenvalue weighted by molar-refractivity contribution is 7.89. The zero-order valence-electron chi connectivity index (χ0n) is 12.1. The molecular formula is C15H15N3O2S2. The van der Waals surface area contributed by atoms with Crippen LogP contribution < -0.4 is 4.72 Å². The van der Waals surface area contributed by atoms with Crippen LogP contribution in [0.15, 0.2) is 47.4 Å². The van der Waals surface area contributed by atoms with Crippen molar-refractivity contribution < 1.29 is 8.42 Å². The van der Waals surface area contributed by atoms with E-state index in [1.165, 1.54) is 0 Å². The Kier molecular flexibility index (Phi) is 3.94. The van der Waals surface area contributed by atoms with Gasteiger partial charge in [0.25, 0.3) is 0 Å². The number of nitrogens with zero attached hydrogens (tertiary/aromatic N) is 2. The van der Waals surface area contributed by atoms with Crippen molar-refractivity contribution in [3.05, 3.63) is 53.6 Å². The third-order valence-corrected chi connectivity index (χ3v) is 5.74. The summed E-state index contributed by atoms with van der Waals surface area (Å²) < 4.78 is 36.5. The van der Waals surface area contributed by atoms with Gasteiger partial charge in [-0.3, -0.25) is 0 Å². The van der Waals surface area contributed by atoms with Crippen LogP contribution in [0, 0.1) is 6.92 Å². The van der Waals surface area contributed by atoms with E-state index in [4.69, 9.17) is 0 Å². The van der Waals surface area contributed by atoms with Gasteiger partial charge in [0.2, 0.25) is 10.0 Å².